The number of methoxy groups -OCH3 is 1. The minimum absolute atomic E-state index is 0.0863. The quantitative estimate of drug-likeness (QED) is 0.170. The maximum absolute atomic E-state index is 13.4. The Balaban J connectivity index is 1.31. The van der Waals surface area contributed by atoms with Gasteiger partial charge in [-0.05, 0) is 54.1 Å². The summed E-state index contributed by atoms with van der Waals surface area (Å²) >= 11 is 0. The van der Waals surface area contributed by atoms with Gasteiger partial charge in [-0.3, -0.25) is 9.48 Å². The lowest BCUT2D eigenvalue weighted by Gasteiger charge is -2.10. The van der Waals surface area contributed by atoms with Crippen LogP contribution in [0.2, 0.25) is 0 Å². The van der Waals surface area contributed by atoms with Gasteiger partial charge in [0.2, 0.25) is 0 Å². The number of phenols is 1. The Bertz CT molecular complexity index is 1900. The summed E-state index contributed by atoms with van der Waals surface area (Å²) in [5.74, 6) is 0.435. The number of fused-ring (bicyclic) bond motifs is 1. The first-order valence-electron chi connectivity index (χ1n) is 13.4. The Morgan fingerprint density at radius 1 is 0.952 bits per heavy atom. The highest BCUT2D eigenvalue weighted by Crippen LogP contribution is 2.30. The van der Waals surface area contributed by atoms with Gasteiger partial charge in [-0.25, -0.2) is 10.4 Å². The molecule has 0 atom stereocenters. The first-order chi connectivity index (χ1) is 20.6. The lowest BCUT2D eigenvalue weighted by Crippen LogP contribution is -2.18. The van der Waals surface area contributed by atoms with Crippen molar-refractivity contribution < 1.29 is 14.6 Å². The van der Waals surface area contributed by atoms with Crippen LogP contribution in [0.1, 0.15) is 21.5 Å². The van der Waals surface area contributed by atoms with Crippen LogP contribution in [0.15, 0.2) is 120 Å². The molecule has 0 fully saturated rings. The topological polar surface area (TPSA) is 102 Å². The minimum Gasteiger partial charge on any atom is -0.507 e. The molecule has 0 radical (unpaired) electrons. The lowest BCUT2D eigenvalue weighted by molar-refractivity contribution is 0.0956. The van der Waals surface area contributed by atoms with Gasteiger partial charge >= 0.3 is 0 Å². The van der Waals surface area contributed by atoms with Crippen LogP contribution < -0.4 is 10.2 Å². The summed E-state index contributed by atoms with van der Waals surface area (Å²) in [6.45, 7) is 0.586. The standard InChI is InChI=1S/C34H27N5O3/c1-42-26-17-15-24(16-18-26)33-25(22-39(38-33)21-23-9-3-2-4-10-23)20-35-37-34(41)29-19-31(28-12-6-8-14-32(28)40)36-30-13-7-5-11-27(29)30/h2-20,22,40H,21H2,1H3,(H,37,41)/b35-20-. The van der Waals surface area contributed by atoms with E-state index < -0.39 is 5.91 Å². The van der Waals surface area contributed by atoms with E-state index in [1.807, 2.05) is 95.8 Å². The van der Waals surface area contributed by atoms with Crippen molar-refractivity contribution in [3.8, 4) is 34.0 Å². The van der Waals surface area contributed by atoms with E-state index in [9.17, 15) is 9.90 Å². The summed E-state index contributed by atoms with van der Waals surface area (Å²) in [6, 6.07) is 33.7. The number of benzene rings is 4. The number of phenolic OH excluding ortho intramolecular Hbond substituents is 1. The summed E-state index contributed by atoms with van der Waals surface area (Å²) in [5, 5.41) is 20.2. The van der Waals surface area contributed by atoms with Gasteiger partial charge in [-0.1, -0.05) is 60.7 Å². The smallest absolute Gasteiger partial charge is 0.272 e. The number of carbonyl (C=O) groups is 1. The fourth-order valence-corrected chi connectivity index (χ4v) is 4.77. The molecule has 8 nitrogen and oxygen atoms in total. The third-order valence-corrected chi connectivity index (χ3v) is 6.85. The van der Waals surface area contributed by atoms with E-state index in [1.54, 1.807) is 37.6 Å². The highest BCUT2D eigenvalue weighted by Gasteiger charge is 2.16. The second-order valence-electron chi connectivity index (χ2n) is 9.63. The number of aromatic hydroxyl groups is 1. The predicted molar refractivity (Wildman–Crippen MR) is 164 cm³/mol. The van der Waals surface area contributed by atoms with E-state index in [0.29, 0.717) is 34.3 Å². The SMILES string of the molecule is COc1ccc(-c2nn(Cc3ccccc3)cc2/C=N\NC(=O)c2cc(-c3ccccc3O)nc3ccccc23)cc1. The van der Waals surface area contributed by atoms with Gasteiger partial charge in [0, 0.05) is 28.3 Å². The number of pyridine rings is 1. The largest absolute Gasteiger partial charge is 0.507 e. The Labute approximate surface area is 242 Å². The van der Waals surface area contributed by atoms with Gasteiger partial charge < -0.3 is 9.84 Å². The number of hydrogen-bond donors (Lipinski definition) is 2. The molecule has 206 valence electrons. The van der Waals surface area contributed by atoms with Crippen molar-refractivity contribution in [1.29, 1.82) is 0 Å². The molecule has 0 saturated carbocycles. The van der Waals surface area contributed by atoms with Crippen LogP contribution >= 0.6 is 0 Å². The first-order valence-corrected chi connectivity index (χ1v) is 13.4. The molecular formula is C34H27N5O3. The molecular weight excluding hydrogens is 526 g/mol. The molecule has 0 aliphatic heterocycles. The third kappa shape index (κ3) is 5.59. The summed E-state index contributed by atoms with van der Waals surface area (Å²) in [7, 11) is 1.63. The average molecular weight is 554 g/mol. The summed E-state index contributed by atoms with van der Waals surface area (Å²) in [6.07, 6.45) is 3.50. The number of hydrazone groups is 1. The van der Waals surface area contributed by atoms with Crippen molar-refractivity contribution in [3.05, 3.63) is 132 Å². The first kappa shape index (κ1) is 26.5. The molecule has 6 aromatic rings. The molecule has 6 rings (SSSR count). The number of carbonyl (C=O) groups excluding carboxylic acids is 1. The number of rotatable bonds is 8. The molecule has 2 N–H and O–H groups in total. The van der Waals surface area contributed by atoms with Gasteiger partial charge in [0.1, 0.15) is 17.2 Å². The van der Waals surface area contributed by atoms with Crippen LogP contribution in [-0.4, -0.2) is 39.1 Å². The molecule has 42 heavy (non-hydrogen) atoms. The number of hydrogen-bond acceptors (Lipinski definition) is 6. The van der Waals surface area contributed by atoms with E-state index in [4.69, 9.17) is 9.84 Å². The molecule has 0 saturated heterocycles. The highest BCUT2D eigenvalue weighted by atomic mass is 16.5. The molecule has 0 bridgehead atoms. The maximum Gasteiger partial charge on any atom is 0.272 e. The number of nitrogens with one attached hydrogen (secondary N) is 1. The van der Waals surface area contributed by atoms with Gasteiger partial charge in [0.15, 0.2) is 0 Å². The van der Waals surface area contributed by atoms with Crippen molar-refractivity contribution in [2.45, 2.75) is 6.54 Å². The lowest BCUT2D eigenvalue weighted by atomic mass is 10.0. The van der Waals surface area contributed by atoms with E-state index in [2.05, 4.69) is 15.5 Å². The predicted octanol–water partition coefficient (Wildman–Crippen LogP) is 6.29. The van der Waals surface area contributed by atoms with Crippen LogP contribution in [0.25, 0.3) is 33.4 Å². The fourth-order valence-electron chi connectivity index (χ4n) is 4.77. The van der Waals surface area contributed by atoms with Crippen LogP contribution in [0.5, 0.6) is 11.5 Å². The Hall–Kier alpha value is -5.76. The average Bonchev–Trinajstić information content (AvgIpc) is 3.43. The van der Waals surface area contributed by atoms with E-state index in [1.165, 1.54) is 0 Å². The molecule has 0 spiro atoms. The minimum atomic E-state index is -0.399. The summed E-state index contributed by atoms with van der Waals surface area (Å²) in [5.41, 5.74) is 8.20. The van der Waals surface area contributed by atoms with Gasteiger partial charge in [0.25, 0.3) is 5.91 Å². The zero-order valence-corrected chi connectivity index (χ0v) is 22.8. The molecule has 0 aliphatic rings. The fraction of sp³-hybridized carbons (Fsp3) is 0.0588. The van der Waals surface area contributed by atoms with E-state index in [0.717, 1.165) is 28.1 Å². The zero-order valence-electron chi connectivity index (χ0n) is 22.8. The van der Waals surface area contributed by atoms with Gasteiger partial charge in [-0.15, -0.1) is 0 Å². The van der Waals surface area contributed by atoms with Crippen molar-refractivity contribution in [1.82, 2.24) is 20.2 Å². The molecule has 8 heteroatoms. The number of para-hydroxylation sites is 2. The van der Waals surface area contributed by atoms with Gasteiger partial charge in [-0.2, -0.15) is 10.2 Å². The number of amides is 1. The highest BCUT2D eigenvalue weighted by molar-refractivity contribution is 6.07. The molecule has 2 heterocycles. The van der Waals surface area contributed by atoms with Crippen molar-refractivity contribution in [2.24, 2.45) is 5.10 Å². The molecule has 4 aromatic carbocycles. The van der Waals surface area contributed by atoms with Crippen LogP contribution in [0.3, 0.4) is 0 Å². The summed E-state index contributed by atoms with van der Waals surface area (Å²) in [4.78, 5) is 18.1. The van der Waals surface area contributed by atoms with E-state index in [-0.39, 0.29) is 5.75 Å². The Morgan fingerprint density at radius 2 is 1.69 bits per heavy atom. The van der Waals surface area contributed by atoms with Crippen LogP contribution in [-0.2, 0) is 6.54 Å². The van der Waals surface area contributed by atoms with Crippen LogP contribution in [0.4, 0.5) is 0 Å². The van der Waals surface area contributed by atoms with E-state index >= 15 is 0 Å². The van der Waals surface area contributed by atoms with Gasteiger partial charge in [0.05, 0.1) is 36.6 Å². The molecule has 1 amide bonds. The Kier molecular flexibility index (Phi) is 7.42. The van der Waals surface area contributed by atoms with Crippen molar-refractivity contribution in [2.75, 3.05) is 7.11 Å². The second kappa shape index (κ2) is 11.8. The number of nitrogens with zero attached hydrogens (tertiary/aromatic N) is 4. The maximum atomic E-state index is 13.4. The number of ether oxygens (including phenoxy) is 1. The number of aromatic nitrogens is 3. The van der Waals surface area contributed by atoms with Crippen LogP contribution in [0, 0.1) is 0 Å². The zero-order chi connectivity index (χ0) is 28.9. The third-order valence-electron chi connectivity index (χ3n) is 6.85. The van der Waals surface area contributed by atoms with Crippen molar-refractivity contribution >= 4 is 23.0 Å². The summed E-state index contributed by atoms with van der Waals surface area (Å²) < 4.78 is 7.16. The molecule has 0 unspecified atom stereocenters. The molecule has 0 aliphatic carbocycles. The molecule has 2 aromatic heterocycles. The Morgan fingerprint density at radius 3 is 2.48 bits per heavy atom. The monoisotopic (exact) mass is 553 g/mol. The van der Waals surface area contributed by atoms with Crippen molar-refractivity contribution in [3.63, 3.8) is 0 Å². The second-order valence-corrected chi connectivity index (χ2v) is 9.63. The normalized spacial score (nSPS) is 11.2.